The van der Waals surface area contributed by atoms with Crippen molar-refractivity contribution in [1.29, 1.82) is 0 Å². The summed E-state index contributed by atoms with van der Waals surface area (Å²) in [5.74, 6) is 1.49. The third-order valence-electron chi connectivity index (χ3n) is 5.00. The number of nitrogens with zero attached hydrogens (tertiary/aromatic N) is 4. The van der Waals surface area contributed by atoms with Crippen molar-refractivity contribution < 1.29 is 0 Å². The molecule has 5 rings (SSSR count). The van der Waals surface area contributed by atoms with E-state index in [4.69, 9.17) is 10.2 Å². The van der Waals surface area contributed by atoms with E-state index in [2.05, 4.69) is 31.9 Å². The normalized spacial score (nSPS) is 13.6. The summed E-state index contributed by atoms with van der Waals surface area (Å²) in [7, 11) is 0. The van der Waals surface area contributed by atoms with Crippen LogP contribution in [0.25, 0.3) is 0 Å². The van der Waals surface area contributed by atoms with Gasteiger partial charge in [-0.2, -0.15) is 0 Å². The molecule has 1 aliphatic rings. The first-order valence-corrected chi connectivity index (χ1v) is 11.7. The molecule has 1 aliphatic heterocycles. The van der Waals surface area contributed by atoms with Crippen LogP contribution in [0.4, 0.5) is 11.4 Å². The molecule has 0 aliphatic carbocycles. The topological polar surface area (TPSA) is 31.2 Å². The van der Waals surface area contributed by atoms with E-state index in [0.717, 1.165) is 43.1 Å². The summed E-state index contributed by atoms with van der Waals surface area (Å²) in [4.78, 5) is 0. The predicted octanol–water partition coefficient (Wildman–Crippen LogP) is 7.26. The maximum Gasteiger partial charge on any atom is 0.181 e. The minimum Gasteiger partial charge on any atom is -0.211 e. The first kappa shape index (κ1) is 20.7. The van der Waals surface area contributed by atoms with E-state index in [1.807, 2.05) is 119 Å². The molecule has 0 radical (unpaired) electrons. The highest BCUT2D eigenvalue weighted by Crippen LogP contribution is 2.28. The van der Waals surface area contributed by atoms with Crippen LogP contribution in [0, 0.1) is 0 Å². The number of rotatable bonds is 4. The van der Waals surface area contributed by atoms with Gasteiger partial charge in [0, 0.05) is 20.1 Å². The van der Waals surface area contributed by atoms with Crippen LogP contribution >= 0.6 is 31.9 Å². The smallest absolute Gasteiger partial charge is 0.181 e. The molecule has 4 aromatic rings. The number of hydrogen-bond acceptors (Lipinski definition) is 4. The highest BCUT2D eigenvalue weighted by Gasteiger charge is 2.27. The summed E-state index contributed by atoms with van der Waals surface area (Å²) < 4.78 is 2.03. The minimum absolute atomic E-state index is 0.744. The summed E-state index contributed by atoms with van der Waals surface area (Å²) in [6.45, 7) is 0. The Morgan fingerprint density at radius 1 is 0.438 bits per heavy atom. The standard InChI is InChI=1S/C26H18Br2N4/c27-21-15-11-19(12-16-21)25-30-32(24-9-5-2-6-10-24)26(20-13-17-22(28)18-14-20)29-31(25)23-7-3-1-4-8-23/h1-18H. The maximum atomic E-state index is 5.11. The Hall–Kier alpha value is -3.22. The van der Waals surface area contributed by atoms with Gasteiger partial charge in [-0.25, -0.2) is 10.0 Å². The fraction of sp³-hybridized carbons (Fsp3) is 0. The Kier molecular flexibility index (Phi) is 5.88. The Morgan fingerprint density at radius 3 is 1.12 bits per heavy atom. The van der Waals surface area contributed by atoms with Crippen LogP contribution in [0.3, 0.4) is 0 Å². The van der Waals surface area contributed by atoms with Gasteiger partial charge >= 0.3 is 0 Å². The van der Waals surface area contributed by atoms with Crippen LogP contribution in [0.5, 0.6) is 0 Å². The van der Waals surface area contributed by atoms with Crippen molar-refractivity contribution in [2.75, 3.05) is 10.0 Å². The zero-order chi connectivity index (χ0) is 21.9. The summed E-state index contributed by atoms with van der Waals surface area (Å²) in [5.41, 5.74) is 3.82. The van der Waals surface area contributed by atoms with Gasteiger partial charge in [-0.1, -0.05) is 92.5 Å². The third-order valence-corrected chi connectivity index (χ3v) is 6.05. The van der Waals surface area contributed by atoms with Crippen molar-refractivity contribution in [2.24, 2.45) is 10.2 Å². The lowest BCUT2D eigenvalue weighted by Gasteiger charge is -2.32. The second-order valence-electron chi connectivity index (χ2n) is 7.16. The molecule has 0 unspecified atom stereocenters. The quantitative estimate of drug-likeness (QED) is 0.270. The molecule has 0 saturated carbocycles. The molecule has 0 N–H and O–H groups in total. The molecule has 32 heavy (non-hydrogen) atoms. The molecule has 4 aromatic carbocycles. The number of benzene rings is 4. The molecule has 0 fully saturated rings. The lowest BCUT2D eigenvalue weighted by molar-refractivity contribution is 0.994. The van der Waals surface area contributed by atoms with Gasteiger partial charge in [-0.15, -0.1) is 10.2 Å². The van der Waals surface area contributed by atoms with E-state index in [-0.39, 0.29) is 0 Å². The zero-order valence-corrected chi connectivity index (χ0v) is 20.1. The predicted molar refractivity (Wildman–Crippen MR) is 139 cm³/mol. The van der Waals surface area contributed by atoms with E-state index in [1.165, 1.54) is 0 Å². The van der Waals surface area contributed by atoms with Crippen LogP contribution in [0.2, 0.25) is 0 Å². The Labute approximate surface area is 203 Å². The van der Waals surface area contributed by atoms with Gasteiger partial charge in [-0.3, -0.25) is 0 Å². The van der Waals surface area contributed by atoms with E-state index in [1.54, 1.807) is 0 Å². The number of para-hydroxylation sites is 2. The zero-order valence-electron chi connectivity index (χ0n) is 16.9. The molecule has 156 valence electrons. The Balaban J connectivity index is 1.71. The van der Waals surface area contributed by atoms with Crippen LogP contribution in [0.1, 0.15) is 11.1 Å². The van der Waals surface area contributed by atoms with Gasteiger partial charge in [0.25, 0.3) is 0 Å². The molecular formula is C26H18Br2N4. The molecule has 0 spiro atoms. The Bertz CT molecular complexity index is 1170. The van der Waals surface area contributed by atoms with Gasteiger partial charge in [0.15, 0.2) is 11.7 Å². The van der Waals surface area contributed by atoms with Crippen molar-refractivity contribution >= 4 is 54.9 Å². The van der Waals surface area contributed by atoms with Crippen LogP contribution < -0.4 is 10.0 Å². The molecule has 4 nitrogen and oxygen atoms in total. The van der Waals surface area contributed by atoms with Gasteiger partial charge < -0.3 is 0 Å². The molecule has 0 bridgehead atoms. The fourth-order valence-electron chi connectivity index (χ4n) is 3.43. The van der Waals surface area contributed by atoms with Crippen molar-refractivity contribution in [1.82, 2.24) is 0 Å². The largest absolute Gasteiger partial charge is 0.211 e. The number of hydrogen-bond donors (Lipinski definition) is 0. The summed E-state index contributed by atoms with van der Waals surface area (Å²) in [5, 5.41) is 14.0. The van der Waals surface area contributed by atoms with Crippen molar-refractivity contribution in [2.45, 2.75) is 0 Å². The first-order chi connectivity index (χ1) is 15.7. The monoisotopic (exact) mass is 544 g/mol. The third kappa shape index (κ3) is 4.24. The number of hydrazone groups is 2. The highest BCUT2D eigenvalue weighted by atomic mass is 79.9. The molecule has 0 saturated heterocycles. The fourth-order valence-corrected chi connectivity index (χ4v) is 3.95. The molecule has 1 heterocycles. The average molecular weight is 546 g/mol. The van der Waals surface area contributed by atoms with Gasteiger partial charge in [0.05, 0.1) is 11.4 Å². The molecular weight excluding hydrogens is 528 g/mol. The summed E-state index contributed by atoms with van der Waals surface area (Å²) >= 11 is 7.06. The number of halogens is 2. The second-order valence-corrected chi connectivity index (χ2v) is 8.99. The second kappa shape index (κ2) is 9.10. The molecule has 0 atom stereocenters. The van der Waals surface area contributed by atoms with Crippen molar-refractivity contribution in [3.05, 3.63) is 129 Å². The lowest BCUT2D eigenvalue weighted by atomic mass is 10.1. The molecule has 6 heteroatoms. The van der Waals surface area contributed by atoms with Crippen LogP contribution in [-0.2, 0) is 0 Å². The minimum atomic E-state index is 0.744. The summed E-state index contributed by atoms with van der Waals surface area (Å²) in [6.07, 6.45) is 0. The SMILES string of the molecule is Brc1ccc(C2=NN(c3ccccc3)C(c3ccc(Br)cc3)=NN2c2ccccc2)cc1. The van der Waals surface area contributed by atoms with E-state index in [0.29, 0.717) is 0 Å². The van der Waals surface area contributed by atoms with Crippen LogP contribution in [-0.4, -0.2) is 11.7 Å². The number of amidine groups is 2. The van der Waals surface area contributed by atoms with Gasteiger partial charge in [-0.05, 0) is 48.5 Å². The average Bonchev–Trinajstić information content (AvgIpc) is 2.85. The lowest BCUT2D eigenvalue weighted by Crippen LogP contribution is -2.41. The van der Waals surface area contributed by atoms with Crippen molar-refractivity contribution in [3.8, 4) is 0 Å². The summed E-state index contributed by atoms with van der Waals surface area (Å²) in [6, 6.07) is 36.4. The van der Waals surface area contributed by atoms with E-state index >= 15 is 0 Å². The van der Waals surface area contributed by atoms with E-state index < -0.39 is 0 Å². The molecule has 0 amide bonds. The highest BCUT2D eigenvalue weighted by molar-refractivity contribution is 9.10. The van der Waals surface area contributed by atoms with Crippen LogP contribution in [0.15, 0.2) is 128 Å². The van der Waals surface area contributed by atoms with Crippen molar-refractivity contribution in [3.63, 3.8) is 0 Å². The Morgan fingerprint density at radius 2 is 0.781 bits per heavy atom. The van der Waals surface area contributed by atoms with Gasteiger partial charge in [0.1, 0.15) is 0 Å². The number of anilines is 2. The molecule has 0 aromatic heterocycles. The first-order valence-electron chi connectivity index (χ1n) is 10.1. The van der Waals surface area contributed by atoms with Gasteiger partial charge in [0.2, 0.25) is 0 Å². The maximum absolute atomic E-state index is 5.11. The van der Waals surface area contributed by atoms with E-state index in [9.17, 15) is 0 Å².